The normalized spacial score (nSPS) is 15.1. The van der Waals surface area contributed by atoms with Gasteiger partial charge in [-0.05, 0) is 90.8 Å². The minimum Gasteiger partial charge on any atom is -0.376 e. The molecule has 1 aliphatic heterocycles. The van der Waals surface area contributed by atoms with Crippen molar-refractivity contribution in [2.45, 2.75) is 45.4 Å². The van der Waals surface area contributed by atoms with Gasteiger partial charge >= 0.3 is 0 Å². The number of pyridine rings is 1. The zero-order valence-electron chi connectivity index (χ0n) is 22.0. The number of hydrogen-bond acceptors (Lipinski definition) is 2. The summed E-state index contributed by atoms with van der Waals surface area (Å²) in [4.78, 5) is 7.31. The summed E-state index contributed by atoms with van der Waals surface area (Å²) in [6.45, 7) is 10.2. The average molecular weight is 531 g/mol. The van der Waals surface area contributed by atoms with E-state index in [0.717, 1.165) is 71.3 Å². The number of aryl methyl sites for hydroxylation is 1. The third-order valence-electron chi connectivity index (χ3n) is 7.89. The standard InChI is InChI=1S/C33H33ClF2N2/c1-4-30-28(19-22-5-10-26(35)11-6-22)33(34)29-20-25(9-14-31(29)37-30)32(23-7-12-27(36)13-8-23)24-15-17-38(18-16-24)21(2)3/h5-14,20,24,32H,2,4,15-19H2,1,3H3. The molecule has 0 N–H and O–H groups in total. The fourth-order valence-electron chi connectivity index (χ4n) is 5.82. The Labute approximate surface area is 229 Å². The van der Waals surface area contributed by atoms with Crippen molar-refractivity contribution in [3.05, 3.63) is 124 Å². The zero-order valence-corrected chi connectivity index (χ0v) is 22.7. The fourth-order valence-corrected chi connectivity index (χ4v) is 6.15. The molecule has 1 atom stereocenters. The molecule has 38 heavy (non-hydrogen) atoms. The summed E-state index contributed by atoms with van der Waals surface area (Å²) in [5.74, 6) is 0.0502. The summed E-state index contributed by atoms with van der Waals surface area (Å²) in [6, 6.07) is 19.9. The number of benzene rings is 3. The molecule has 0 radical (unpaired) electrons. The van der Waals surface area contributed by atoms with Crippen molar-refractivity contribution in [1.82, 2.24) is 9.88 Å². The summed E-state index contributed by atoms with van der Waals surface area (Å²) >= 11 is 7.11. The predicted octanol–water partition coefficient (Wildman–Crippen LogP) is 8.70. The van der Waals surface area contributed by atoms with Crippen molar-refractivity contribution in [2.24, 2.45) is 5.92 Å². The lowest BCUT2D eigenvalue weighted by atomic mass is 9.75. The van der Waals surface area contributed by atoms with Crippen molar-refractivity contribution >= 4 is 22.5 Å². The number of fused-ring (bicyclic) bond motifs is 1. The summed E-state index contributed by atoms with van der Waals surface area (Å²) in [7, 11) is 0. The molecule has 0 spiro atoms. The van der Waals surface area contributed by atoms with Gasteiger partial charge in [0, 0.05) is 42.2 Å². The smallest absolute Gasteiger partial charge is 0.123 e. The molecule has 0 saturated carbocycles. The van der Waals surface area contributed by atoms with Gasteiger partial charge in [-0.25, -0.2) is 8.78 Å². The van der Waals surface area contributed by atoms with Crippen molar-refractivity contribution in [3.63, 3.8) is 0 Å². The minimum absolute atomic E-state index is 0.120. The number of piperidine rings is 1. The number of aromatic nitrogens is 1. The summed E-state index contributed by atoms with van der Waals surface area (Å²) < 4.78 is 27.3. The van der Waals surface area contributed by atoms with Gasteiger partial charge in [-0.15, -0.1) is 0 Å². The number of rotatable bonds is 7. The van der Waals surface area contributed by atoms with Crippen LogP contribution in [0.15, 0.2) is 79.0 Å². The molecule has 2 heterocycles. The van der Waals surface area contributed by atoms with E-state index in [1.54, 1.807) is 24.3 Å². The second-order valence-electron chi connectivity index (χ2n) is 10.4. The van der Waals surface area contributed by atoms with E-state index in [1.165, 1.54) is 17.7 Å². The molecule has 196 valence electrons. The molecule has 3 aromatic carbocycles. The van der Waals surface area contributed by atoms with Gasteiger partial charge in [-0.2, -0.15) is 0 Å². The molecular formula is C33H33ClF2N2. The monoisotopic (exact) mass is 530 g/mol. The summed E-state index contributed by atoms with van der Waals surface area (Å²) in [5, 5.41) is 1.62. The van der Waals surface area contributed by atoms with Gasteiger partial charge in [0.1, 0.15) is 11.6 Å². The molecule has 1 fully saturated rings. The van der Waals surface area contributed by atoms with E-state index in [0.29, 0.717) is 17.4 Å². The van der Waals surface area contributed by atoms with Crippen molar-refractivity contribution in [3.8, 4) is 0 Å². The van der Waals surface area contributed by atoms with Crippen LogP contribution >= 0.6 is 11.6 Å². The Morgan fingerprint density at radius 3 is 2.18 bits per heavy atom. The van der Waals surface area contributed by atoms with Gasteiger partial charge in [0.05, 0.1) is 10.5 Å². The van der Waals surface area contributed by atoms with Crippen LogP contribution in [0.3, 0.4) is 0 Å². The number of nitrogens with zero attached hydrogens (tertiary/aromatic N) is 2. The molecule has 5 rings (SSSR count). The van der Waals surface area contributed by atoms with Crippen molar-refractivity contribution in [1.29, 1.82) is 0 Å². The van der Waals surface area contributed by atoms with Crippen LogP contribution in [0.25, 0.3) is 10.9 Å². The van der Waals surface area contributed by atoms with Crippen LogP contribution in [0.1, 0.15) is 60.6 Å². The molecule has 5 heteroatoms. The highest BCUT2D eigenvalue weighted by molar-refractivity contribution is 6.36. The Kier molecular flexibility index (Phi) is 7.80. The van der Waals surface area contributed by atoms with Crippen molar-refractivity contribution < 1.29 is 8.78 Å². The summed E-state index contributed by atoms with van der Waals surface area (Å²) in [6.07, 6.45) is 3.41. The van der Waals surface area contributed by atoms with E-state index < -0.39 is 0 Å². The van der Waals surface area contributed by atoms with Gasteiger partial charge in [0.15, 0.2) is 0 Å². The van der Waals surface area contributed by atoms with Crippen LogP contribution in [-0.2, 0) is 12.8 Å². The SMILES string of the molecule is C=C(C)N1CCC(C(c2ccc(F)cc2)c2ccc3nc(CC)c(Cc4ccc(F)cc4)c(Cl)c3c2)CC1. The lowest BCUT2D eigenvalue weighted by Crippen LogP contribution is -2.34. The molecule has 0 aliphatic carbocycles. The zero-order chi connectivity index (χ0) is 26.8. The number of hydrogen-bond donors (Lipinski definition) is 0. The highest BCUT2D eigenvalue weighted by Crippen LogP contribution is 2.41. The molecule has 2 nitrogen and oxygen atoms in total. The Bertz CT molecular complexity index is 1440. The van der Waals surface area contributed by atoms with E-state index in [9.17, 15) is 8.78 Å². The Hall–Kier alpha value is -3.24. The summed E-state index contributed by atoms with van der Waals surface area (Å²) in [5.41, 5.74) is 7.19. The molecular weight excluding hydrogens is 498 g/mol. The second kappa shape index (κ2) is 11.2. The molecule has 0 amide bonds. The third-order valence-corrected chi connectivity index (χ3v) is 8.33. The van der Waals surface area contributed by atoms with Crippen LogP contribution in [0.4, 0.5) is 8.78 Å². The van der Waals surface area contributed by atoms with Gasteiger partial charge in [-0.3, -0.25) is 4.98 Å². The van der Waals surface area contributed by atoms with Crippen LogP contribution in [-0.4, -0.2) is 23.0 Å². The number of allylic oxidation sites excluding steroid dienone is 1. The van der Waals surface area contributed by atoms with Crippen LogP contribution in [0.5, 0.6) is 0 Å². The maximum Gasteiger partial charge on any atom is 0.123 e. The van der Waals surface area contributed by atoms with E-state index in [1.807, 2.05) is 12.1 Å². The molecule has 1 aliphatic rings. The first-order valence-electron chi connectivity index (χ1n) is 13.3. The average Bonchev–Trinajstić information content (AvgIpc) is 2.93. The van der Waals surface area contributed by atoms with E-state index in [2.05, 4.69) is 43.5 Å². The highest BCUT2D eigenvalue weighted by Gasteiger charge is 2.29. The maximum absolute atomic E-state index is 13.9. The Morgan fingerprint density at radius 2 is 1.58 bits per heavy atom. The Morgan fingerprint density at radius 1 is 0.974 bits per heavy atom. The lowest BCUT2D eigenvalue weighted by Gasteiger charge is -2.38. The molecule has 1 unspecified atom stereocenters. The molecule has 1 aromatic heterocycles. The topological polar surface area (TPSA) is 16.1 Å². The molecule has 1 saturated heterocycles. The van der Waals surface area contributed by atoms with Gasteiger partial charge in [0.2, 0.25) is 0 Å². The maximum atomic E-state index is 13.9. The quantitative estimate of drug-likeness (QED) is 0.237. The second-order valence-corrected chi connectivity index (χ2v) is 10.8. The van der Waals surface area contributed by atoms with E-state index in [4.69, 9.17) is 16.6 Å². The third kappa shape index (κ3) is 5.47. The van der Waals surface area contributed by atoms with Crippen LogP contribution in [0, 0.1) is 17.6 Å². The lowest BCUT2D eigenvalue weighted by molar-refractivity contribution is 0.214. The van der Waals surface area contributed by atoms with Gasteiger partial charge < -0.3 is 4.90 Å². The number of likely N-dealkylation sites (tertiary alicyclic amines) is 1. The first-order chi connectivity index (χ1) is 18.3. The largest absolute Gasteiger partial charge is 0.376 e. The number of halogens is 3. The predicted molar refractivity (Wildman–Crippen MR) is 153 cm³/mol. The van der Waals surface area contributed by atoms with Gasteiger partial charge in [0.25, 0.3) is 0 Å². The molecule has 4 aromatic rings. The van der Waals surface area contributed by atoms with Gasteiger partial charge in [-0.1, -0.05) is 55.4 Å². The first-order valence-corrected chi connectivity index (χ1v) is 13.7. The van der Waals surface area contributed by atoms with Crippen LogP contribution < -0.4 is 0 Å². The van der Waals surface area contributed by atoms with Crippen molar-refractivity contribution in [2.75, 3.05) is 13.1 Å². The van der Waals surface area contributed by atoms with E-state index in [-0.39, 0.29) is 17.6 Å². The minimum atomic E-state index is -0.252. The highest BCUT2D eigenvalue weighted by atomic mass is 35.5. The fraction of sp³-hybridized carbons (Fsp3) is 0.303. The first kappa shape index (κ1) is 26.4. The Balaban J connectivity index is 1.57. The van der Waals surface area contributed by atoms with E-state index >= 15 is 0 Å². The van der Waals surface area contributed by atoms with Crippen LogP contribution in [0.2, 0.25) is 5.02 Å². The molecule has 0 bridgehead atoms.